The van der Waals surface area contributed by atoms with Gasteiger partial charge < -0.3 is 4.74 Å². The van der Waals surface area contributed by atoms with Crippen molar-refractivity contribution in [2.75, 3.05) is 12.4 Å². The van der Waals surface area contributed by atoms with E-state index in [2.05, 4.69) is 42.4 Å². The monoisotopic (exact) mass is 370 g/mol. The second kappa shape index (κ2) is 7.28. The minimum Gasteiger partial charge on any atom is -0.491 e. The Kier molecular flexibility index (Phi) is 6.66. The number of ether oxygens (including phenoxy) is 1. The van der Waals surface area contributed by atoms with Crippen molar-refractivity contribution in [1.29, 1.82) is 0 Å². The van der Waals surface area contributed by atoms with Crippen LogP contribution in [0.4, 0.5) is 0 Å². The molecule has 0 unspecified atom stereocenters. The standard InChI is InChI=1S/C13H17BrCl2OS/c1-3-13(4-2,8-18)7-17-12-6-10(15)9(14)5-11(12)16/h5-6,18H,3-4,7-8H2,1-2H3. The van der Waals surface area contributed by atoms with E-state index >= 15 is 0 Å². The second-order valence-corrected chi connectivity index (χ2v) is 6.34. The maximum absolute atomic E-state index is 6.13. The molecule has 0 N–H and O–H groups in total. The summed E-state index contributed by atoms with van der Waals surface area (Å²) in [4.78, 5) is 0. The molecule has 0 saturated carbocycles. The molecule has 0 heterocycles. The molecule has 0 atom stereocenters. The molecule has 1 nitrogen and oxygen atoms in total. The minimum atomic E-state index is 0.0893. The summed E-state index contributed by atoms with van der Waals surface area (Å²) in [5.41, 5.74) is 0.0893. The molecule has 0 amide bonds. The quantitative estimate of drug-likeness (QED) is 0.485. The zero-order valence-corrected chi connectivity index (χ0v) is 14.5. The number of rotatable bonds is 6. The molecule has 18 heavy (non-hydrogen) atoms. The van der Waals surface area contributed by atoms with E-state index in [0.717, 1.165) is 23.1 Å². The van der Waals surface area contributed by atoms with Gasteiger partial charge in [-0.25, -0.2) is 0 Å². The van der Waals surface area contributed by atoms with Crippen LogP contribution in [0.5, 0.6) is 5.75 Å². The molecule has 5 heteroatoms. The second-order valence-electron chi connectivity index (χ2n) is 4.35. The third-order valence-corrected chi connectivity index (χ3v) is 5.51. The molecule has 0 aromatic heterocycles. The third-order valence-electron chi connectivity index (χ3n) is 3.34. The van der Waals surface area contributed by atoms with Crippen LogP contribution in [0.2, 0.25) is 10.0 Å². The minimum absolute atomic E-state index is 0.0893. The highest BCUT2D eigenvalue weighted by molar-refractivity contribution is 9.10. The predicted molar refractivity (Wildman–Crippen MR) is 86.5 cm³/mol. The van der Waals surface area contributed by atoms with Gasteiger partial charge in [0.1, 0.15) is 5.75 Å². The van der Waals surface area contributed by atoms with E-state index in [1.54, 1.807) is 12.1 Å². The van der Waals surface area contributed by atoms with Crippen LogP contribution in [0, 0.1) is 5.41 Å². The molecule has 0 fully saturated rings. The first-order valence-corrected chi connectivity index (χ1v) is 8.04. The fraction of sp³-hybridized carbons (Fsp3) is 0.538. The van der Waals surface area contributed by atoms with E-state index in [0.29, 0.717) is 22.4 Å². The average molecular weight is 372 g/mol. The molecular weight excluding hydrogens is 355 g/mol. The number of benzene rings is 1. The maximum atomic E-state index is 6.13. The lowest BCUT2D eigenvalue weighted by Crippen LogP contribution is -2.29. The molecule has 0 saturated heterocycles. The van der Waals surface area contributed by atoms with Crippen LogP contribution >= 0.6 is 51.8 Å². The van der Waals surface area contributed by atoms with Crippen LogP contribution in [0.15, 0.2) is 16.6 Å². The van der Waals surface area contributed by atoms with Gasteiger partial charge in [0.2, 0.25) is 0 Å². The van der Waals surface area contributed by atoms with Crippen molar-refractivity contribution in [2.45, 2.75) is 26.7 Å². The molecular formula is C13H17BrCl2OS. The first-order chi connectivity index (χ1) is 8.48. The van der Waals surface area contributed by atoms with Crippen molar-refractivity contribution in [3.63, 3.8) is 0 Å². The smallest absolute Gasteiger partial charge is 0.139 e. The summed E-state index contributed by atoms with van der Waals surface area (Å²) in [5.74, 6) is 1.42. The lowest BCUT2D eigenvalue weighted by Gasteiger charge is -2.29. The van der Waals surface area contributed by atoms with Crippen LogP contribution in [0.3, 0.4) is 0 Å². The maximum Gasteiger partial charge on any atom is 0.139 e. The van der Waals surface area contributed by atoms with Gasteiger partial charge in [0.15, 0.2) is 0 Å². The van der Waals surface area contributed by atoms with Gasteiger partial charge in [0.25, 0.3) is 0 Å². The molecule has 1 aromatic rings. The van der Waals surface area contributed by atoms with E-state index in [4.69, 9.17) is 27.9 Å². The van der Waals surface area contributed by atoms with Crippen molar-refractivity contribution >= 4 is 51.8 Å². The Morgan fingerprint density at radius 3 is 2.33 bits per heavy atom. The van der Waals surface area contributed by atoms with Crippen molar-refractivity contribution in [1.82, 2.24) is 0 Å². The Labute approximate surface area is 133 Å². The summed E-state index contributed by atoms with van der Waals surface area (Å²) in [6, 6.07) is 3.49. The van der Waals surface area contributed by atoms with Crippen LogP contribution in [-0.4, -0.2) is 12.4 Å². The lowest BCUT2D eigenvalue weighted by molar-refractivity contribution is 0.157. The van der Waals surface area contributed by atoms with Crippen molar-refractivity contribution in [3.8, 4) is 5.75 Å². The van der Waals surface area contributed by atoms with Gasteiger partial charge in [-0.1, -0.05) is 37.0 Å². The van der Waals surface area contributed by atoms with Crippen LogP contribution < -0.4 is 4.74 Å². The lowest BCUT2D eigenvalue weighted by atomic mass is 9.85. The topological polar surface area (TPSA) is 9.23 Å². The first-order valence-electron chi connectivity index (χ1n) is 5.86. The van der Waals surface area contributed by atoms with Crippen LogP contribution in [0.25, 0.3) is 0 Å². The van der Waals surface area contributed by atoms with E-state index in [1.165, 1.54) is 0 Å². The Balaban J connectivity index is 2.83. The van der Waals surface area contributed by atoms with Gasteiger partial charge in [-0.15, -0.1) is 0 Å². The Hall–Kier alpha value is 0.430. The van der Waals surface area contributed by atoms with Crippen LogP contribution in [-0.2, 0) is 0 Å². The zero-order valence-electron chi connectivity index (χ0n) is 10.5. The number of hydrogen-bond acceptors (Lipinski definition) is 2. The molecule has 0 bridgehead atoms. The van der Waals surface area contributed by atoms with E-state index < -0.39 is 0 Å². The largest absolute Gasteiger partial charge is 0.491 e. The Bertz CT molecular complexity index is 400. The van der Waals surface area contributed by atoms with Crippen molar-refractivity contribution < 1.29 is 4.74 Å². The molecule has 0 aliphatic carbocycles. The normalized spacial score (nSPS) is 11.7. The number of thiol groups is 1. The molecule has 102 valence electrons. The summed E-state index contributed by atoms with van der Waals surface area (Å²) >= 11 is 19.9. The van der Waals surface area contributed by atoms with Gasteiger partial charge in [-0.3, -0.25) is 0 Å². The SMILES string of the molecule is CCC(CC)(CS)COc1cc(Cl)c(Br)cc1Cl. The molecule has 0 aliphatic rings. The highest BCUT2D eigenvalue weighted by atomic mass is 79.9. The fourth-order valence-electron chi connectivity index (χ4n) is 1.57. The molecule has 0 spiro atoms. The highest BCUT2D eigenvalue weighted by Gasteiger charge is 2.26. The van der Waals surface area contributed by atoms with Crippen molar-refractivity contribution in [2.24, 2.45) is 5.41 Å². The number of halogens is 3. The van der Waals surface area contributed by atoms with Crippen molar-refractivity contribution in [3.05, 3.63) is 26.7 Å². The Morgan fingerprint density at radius 1 is 1.22 bits per heavy atom. The van der Waals surface area contributed by atoms with E-state index in [9.17, 15) is 0 Å². The van der Waals surface area contributed by atoms with Gasteiger partial charge in [0, 0.05) is 16.0 Å². The van der Waals surface area contributed by atoms with Crippen LogP contribution in [0.1, 0.15) is 26.7 Å². The zero-order chi connectivity index (χ0) is 13.8. The summed E-state index contributed by atoms with van der Waals surface area (Å²) in [5, 5.41) is 1.16. The molecule has 0 aliphatic heterocycles. The highest BCUT2D eigenvalue weighted by Crippen LogP contribution is 2.36. The summed E-state index contributed by atoms with van der Waals surface area (Å²) in [6.07, 6.45) is 2.05. The van der Waals surface area contributed by atoms with Gasteiger partial charge in [0.05, 0.1) is 16.7 Å². The predicted octanol–water partition coefficient (Wildman–Crippen LogP) is 5.87. The van der Waals surface area contributed by atoms with E-state index in [-0.39, 0.29) is 5.41 Å². The summed E-state index contributed by atoms with van der Waals surface area (Å²) in [7, 11) is 0. The number of hydrogen-bond donors (Lipinski definition) is 1. The third kappa shape index (κ3) is 3.96. The molecule has 1 aromatic carbocycles. The molecule has 0 radical (unpaired) electrons. The van der Waals surface area contributed by atoms with Gasteiger partial charge in [-0.05, 0) is 40.6 Å². The van der Waals surface area contributed by atoms with E-state index in [1.807, 2.05) is 0 Å². The summed E-state index contributed by atoms with van der Waals surface area (Å²) < 4.78 is 6.60. The Morgan fingerprint density at radius 2 is 1.83 bits per heavy atom. The average Bonchev–Trinajstić information content (AvgIpc) is 2.37. The summed E-state index contributed by atoms with van der Waals surface area (Å²) in [6.45, 7) is 4.90. The molecule has 1 rings (SSSR count). The van der Waals surface area contributed by atoms with Gasteiger partial charge >= 0.3 is 0 Å². The fourth-order valence-corrected chi connectivity index (χ4v) is 2.95. The first kappa shape index (κ1) is 16.5. The van der Waals surface area contributed by atoms with Gasteiger partial charge in [-0.2, -0.15) is 12.6 Å².